The van der Waals surface area contributed by atoms with Crippen LogP contribution in [0.3, 0.4) is 0 Å². The summed E-state index contributed by atoms with van der Waals surface area (Å²) in [7, 11) is 1.73. The van der Waals surface area contributed by atoms with E-state index < -0.39 is 0 Å². The van der Waals surface area contributed by atoms with Gasteiger partial charge in [-0.2, -0.15) is 5.10 Å². The molecule has 4 nitrogen and oxygen atoms in total. The molecule has 1 aromatic heterocycles. The zero-order valence-electron chi connectivity index (χ0n) is 11.0. The van der Waals surface area contributed by atoms with E-state index in [0.29, 0.717) is 16.4 Å². The topological polar surface area (TPSA) is 46.9 Å². The van der Waals surface area contributed by atoms with Gasteiger partial charge in [0.15, 0.2) is 0 Å². The molecule has 20 heavy (non-hydrogen) atoms. The van der Waals surface area contributed by atoms with Crippen molar-refractivity contribution in [2.24, 2.45) is 7.05 Å². The third-order valence-electron chi connectivity index (χ3n) is 2.71. The van der Waals surface area contributed by atoms with Gasteiger partial charge in [0.25, 0.3) is 0 Å². The van der Waals surface area contributed by atoms with Crippen LogP contribution >= 0.6 is 11.6 Å². The lowest BCUT2D eigenvalue weighted by Crippen LogP contribution is -2.07. The van der Waals surface area contributed by atoms with Crippen molar-refractivity contribution in [3.05, 3.63) is 52.6 Å². The Morgan fingerprint density at radius 2 is 2.05 bits per heavy atom. The molecule has 0 fully saturated rings. The van der Waals surface area contributed by atoms with Gasteiger partial charge in [0.2, 0.25) is 5.91 Å². The average molecular weight is 294 g/mol. The van der Waals surface area contributed by atoms with Crippen LogP contribution in [0.25, 0.3) is 6.08 Å². The molecule has 0 saturated heterocycles. The third kappa shape index (κ3) is 3.24. The summed E-state index contributed by atoms with van der Waals surface area (Å²) in [5.41, 5.74) is 1.96. The lowest BCUT2D eigenvalue weighted by Gasteiger charge is -2.01. The number of hydrogen-bond donors (Lipinski definition) is 1. The third-order valence-corrected chi connectivity index (χ3v) is 3.16. The first-order valence-corrected chi connectivity index (χ1v) is 6.29. The number of aryl methyl sites for hydroxylation is 2. The van der Waals surface area contributed by atoms with Crippen molar-refractivity contribution in [3.8, 4) is 0 Å². The SMILES string of the molecule is Cc1nn(C)c(Cl)c1/C=C/C(=O)Nc1ccc(F)cc1. The van der Waals surface area contributed by atoms with Crippen molar-refractivity contribution >= 4 is 29.3 Å². The van der Waals surface area contributed by atoms with Crippen LogP contribution in [0.1, 0.15) is 11.3 Å². The molecule has 0 bridgehead atoms. The summed E-state index contributed by atoms with van der Waals surface area (Å²) in [6, 6.07) is 5.54. The fraction of sp³-hybridized carbons (Fsp3) is 0.143. The largest absolute Gasteiger partial charge is 0.323 e. The van der Waals surface area contributed by atoms with Gasteiger partial charge in [0, 0.05) is 24.4 Å². The van der Waals surface area contributed by atoms with E-state index in [9.17, 15) is 9.18 Å². The van der Waals surface area contributed by atoms with Crippen LogP contribution in [0, 0.1) is 12.7 Å². The highest BCUT2D eigenvalue weighted by Crippen LogP contribution is 2.20. The molecule has 1 amide bonds. The number of aromatic nitrogens is 2. The number of carbonyl (C=O) groups excluding carboxylic acids is 1. The number of nitrogens with zero attached hydrogens (tertiary/aromatic N) is 2. The van der Waals surface area contributed by atoms with Gasteiger partial charge in [-0.25, -0.2) is 4.39 Å². The number of anilines is 1. The van der Waals surface area contributed by atoms with E-state index in [1.165, 1.54) is 35.0 Å². The van der Waals surface area contributed by atoms with Crippen LogP contribution in [0.5, 0.6) is 0 Å². The molecule has 0 spiro atoms. The predicted octanol–water partition coefficient (Wildman–Crippen LogP) is 3.17. The molecule has 0 aliphatic heterocycles. The van der Waals surface area contributed by atoms with Gasteiger partial charge in [-0.3, -0.25) is 9.48 Å². The summed E-state index contributed by atoms with van der Waals surface area (Å²) >= 11 is 6.05. The molecule has 2 aromatic rings. The summed E-state index contributed by atoms with van der Waals surface area (Å²) in [5.74, 6) is -0.674. The molecule has 0 radical (unpaired) electrons. The number of amides is 1. The zero-order chi connectivity index (χ0) is 14.7. The molecule has 0 unspecified atom stereocenters. The lowest BCUT2D eigenvalue weighted by atomic mass is 10.2. The second-order valence-electron chi connectivity index (χ2n) is 4.24. The highest BCUT2D eigenvalue weighted by molar-refractivity contribution is 6.31. The van der Waals surface area contributed by atoms with E-state index in [2.05, 4.69) is 10.4 Å². The molecule has 0 aliphatic rings. The van der Waals surface area contributed by atoms with E-state index in [1.54, 1.807) is 13.1 Å². The summed E-state index contributed by atoms with van der Waals surface area (Å²) in [5, 5.41) is 7.23. The van der Waals surface area contributed by atoms with Crippen molar-refractivity contribution in [3.63, 3.8) is 0 Å². The Hall–Kier alpha value is -2.14. The molecular weight excluding hydrogens is 281 g/mol. The minimum atomic E-state index is -0.351. The summed E-state index contributed by atoms with van der Waals surface area (Å²) in [6.07, 6.45) is 2.96. The molecule has 6 heteroatoms. The second-order valence-corrected chi connectivity index (χ2v) is 4.60. The molecule has 2 rings (SSSR count). The van der Waals surface area contributed by atoms with Crippen LogP contribution in [-0.4, -0.2) is 15.7 Å². The van der Waals surface area contributed by atoms with Crippen LogP contribution in [-0.2, 0) is 11.8 Å². The van der Waals surface area contributed by atoms with Gasteiger partial charge in [-0.1, -0.05) is 11.6 Å². The number of benzene rings is 1. The van der Waals surface area contributed by atoms with E-state index in [-0.39, 0.29) is 11.7 Å². The maximum absolute atomic E-state index is 12.7. The summed E-state index contributed by atoms with van der Waals surface area (Å²) in [4.78, 5) is 11.7. The zero-order valence-corrected chi connectivity index (χ0v) is 11.8. The Bertz CT molecular complexity index is 662. The van der Waals surface area contributed by atoms with Crippen LogP contribution in [0.4, 0.5) is 10.1 Å². The number of hydrogen-bond acceptors (Lipinski definition) is 2. The van der Waals surface area contributed by atoms with Crippen LogP contribution in [0.15, 0.2) is 30.3 Å². The maximum Gasteiger partial charge on any atom is 0.248 e. The van der Waals surface area contributed by atoms with E-state index in [4.69, 9.17) is 11.6 Å². The van der Waals surface area contributed by atoms with E-state index in [0.717, 1.165) is 5.69 Å². The summed E-state index contributed by atoms with van der Waals surface area (Å²) in [6.45, 7) is 1.81. The van der Waals surface area contributed by atoms with Gasteiger partial charge >= 0.3 is 0 Å². The van der Waals surface area contributed by atoms with Crippen molar-refractivity contribution in [2.45, 2.75) is 6.92 Å². The molecule has 1 N–H and O–H groups in total. The van der Waals surface area contributed by atoms with E-state index >= 15 is 0 Å². The fourth-order valence-corrected chi connectivity index (χ4v) is 1.95. The first-order chi connectivity index (χ1) is 9.47. The highest BCUT2D eigenvalue weighted by atomic mass is 35.5. The van der Waals surface area contributed by atoms with Crippen molar-refractivity contribution in [2.75, 3.05) is 5.32 Å². The first-order valence-electron chi connectivity index (χ1n) is 5.91. The molecule has 104 valence electrons. The average Bonchev–Trinajstić information content (AvgIpc) is 2.64. The standard InChI is InChI=1S/C14H13ClFN3O/c1-9-12(14(15)19(2)18-9)7-8-13(20)17-11-5-3-10(16)4-6-11/h3-8H,1-2H3,(H,17,20)/b8-7+. The summed E-state index contributed by atoms with van der Waals surface area (Å²) < 4.78 is 14.3. The molecule has 1 heterocycles. The molecular formula is C14H13ClFN3O. The Labute approximate surface area is 120 Å². The van der Waals surface area contributed by atoms with Gasteiger partial charge < -0.3 is 5.32 Å². The number of nitrogens with one attached hydrogen (secondary N) is 1. The minimum absolute atomic E-state index is 0.323. The lowest BCUT2D eigenvalue weighted by molar-refractivity contribution is -0.111. The van der Waals surface area contributed by atoms with Gasteiger partial charge in [-0.05, 0) is 37.3 Å². The molecule has 0 aliphatic carbocycles. The Balaban J connectivity index is 2.07. The van der Waals surface area contributed by atoms with Crippen LogP contribution < -0.4 is 5.32 Å². The van der Waals surface area contributed by atoms with Crippen molar-refractivity contribution in [1.29, 1.82) is 0 Å². The molecule has 0 saturated carbocycles. The number of halogens is 2. The number of carbonyl (C=O) groups is 1. The smallest absolute Gasteiger partial charge is 0.248 e. The Kier molecular flexibility index (Phi) is 4.20. The Morgan fingerprint density at radius 3 is 2.60 bits per heavy atom. The maximum atomic E-state index is 12.7. The Morgan fingerprint density at radius 1 is 1.40 bits per heavy atom. The van der Waals surface area contributed by atoms with Crippen molar-refractivity contribution in [1.82, 2.24) is 9.78 Å². The monoisotopic (exact) mass is 293 g/mol. The van der Waals surface area contributed by atoms with Gasteiger partial charge in [0.05, 0.1) is 5.69 Å². The predicted molar refractivity (Wildman–Crippen MR) is 77.0 cm³/mol. The highest BCUT2D eigenvalue weighted by Gasteiger charge is 2.08. The normalized spacial score (nSPS) is 11.0. The van der Waals surface area contributed by atoms with Crippen LogP contribution in [0.2, 0.25) is 5.15 Å². The fourth-order valence-electron chi connectivity index (χ4n) is 1.71. The van der Waals surface area contributed by atoms with Gasteiger partial charge in [0.1, 0.15) is 11.0 Å². The molecule has 0 atom stereocenters. The first kappa shape index (κ1) is 14.3. The van der Waals surface area contributed by atoms with Crippen molar-refractivity contribution < 1.29 is 9.18 Å². The number of rotatable bonds is 3. The van der Waals surface area contributed by atoms with Gasteiger partial charge in [-0.15, -0.1) is 0 Å². The molecule has 1 aromatic carbocycles. The van der Waals surface area contributed by atoms with E-state index in [1.807, 2.05) is 6.92 Å². The second kappa shape index (κ2) is 5.88. The quantitative estimate of drug-likeness (QED) is 0.884. The minimum Gasteiger partial charge on any atom is -0.323 e.